The summed E-state index contributed by atoms with van der Waals surface area (Å²) in [5.74, 6) is 0.829. The van der Waals surface area contributed by atoms with Crippen LogP contribution in [0.5, 0.6) is 0 Å². The van der Waals surface area contributed by atoms with E-state index in [1.807, 2.05) is 24.3 Å². The van der Waals surface area contributed by atoms with Gasteiger partial charge in [0.15, 0.2) is 0 Å². The van der Waals surface area contributed by atoms with Crippen molar-refractivity contribution in [3.63, 3.8) is 0 Å². The Bertz CT molecular complexity index is 424. The molecule has 2 aromatic heterocycles. The molecule has 2 aromatic rings. The average Bonchev–Trinajstić information content (AvgIpc) is 2.45. The summed E-state index contributed by atoms with van der Waals surface area (Å²) in [6.07, 6.45) is 5.27. The standard InChI is InChI=1S/C9H12N4/c1-9(2,10)8-12-5-7-3-4-11-6-13(7)8/h3-6H,10H2,1-2H3. The molecule has 0 spiro atoms. The first kappa shape index (κ1) is 8.19. The number of fused-ring (bicyclic) bond motifs is 1. The van der Waals surface area contributed by atoms with Gasteiger partial charge in [-0.2, -0.15) is 0 Å². The largest absolute Gasteiger partial charge is 0.319 e. The second kappa shape index (κ2) is 2.53. The molecule has 0 aliphatic carbocycles. The predicted molar refractivity (Wildman–Crippen MR) is 50.2 cm³/mol. The van der Waals surface area contributed by atoms with Crippen molar-refractivity contribution < 1.29 is 0 Å². The Kier molecular flexibility index (Phi) is 1.60. The van der Waals surface area contributed by atoms with Crippen molar-refractivity contribution in [2.45, 2.75) is 19.4 Å². The lowest BCUT2D eigenvalue weighted by Crippen LogP contribution is -2.31. The molecule has 2 heterocycles. The van der Waals surface area contributed by atoms with Gasteiger partial charge in [0, 0.05) is 6.20 Å². The topological polar surface area (TPSA) is 56.2 Å². The molecule has 0 aromatic carbocycles. The van der Waals surface area contributed by atoms with Crippen molar-refractivity contribution in [3.8, 4) is 0 Å². The van der Waals surface area contributed by atoms with Gasteiger partial charge in [-0.05, 0) is 19.9 Å². The summed E-state index contributed by atoms with van der Waals surface area (Å²) in [7, 11) is 0. The lowest BCUT2D eigenvalue weighted by molar-refractivity contribution is 0.510. The van der Waals surface area contributed by atoms with Gasteiger partial charge in [0.05, 0.1) is 17.3 Å². The molecule has 0 amide bonds. The second-order valence-corrected chi connectivity index (χ2v) is 3.68. The molecule has 4 nitrogen and oxygen atoms in total. The molecular formula is C9H12N4. The highest BCUT2D eigenvalue weighted by atomic mass is 15.1. The summed E-state index contributed by atoms with van der Waals surface area (Å²) < 4.78 is 1.90. The molecule has 0 fully saturated rings. The fraction of sp³-hybridized carbons (Fsp3) is 0.333. The van der Waals surface area contributed by atoms with Gasteiger partial charge < -0.3 is 5.73 Å². The van der Waals surface area contributed by atoms with Crippen LogP contribution in [0.2, 0.25) is 0 Å². The van der Waals surface area contributed by atoms with Gasteiger partial charge in [0.2, 0.25) is 0 Å². The molecule has 0 saturated heterocycles. The normalized spacial score (nSPS) is 12.2. The van der Waals surface area contributed by atoms with E-state index in [9.17, 15) is 0 Å². The molecule has 0 unspecified atom stereocenters. The maximum Gasteiger partial charge on any atom is 0.134 e. The molecule has 4 heteroatoms. The number of hydrogen-bond donors (Lipinski definition) is 1. The van der Waals surface area contributed by atoms with Gasteiger partial charge in [-0.15, -0.1) is 0 Å². The van der Waals surface area contributed by atoms with Crippen molar-refractivity contribution in [2.24, 2.45) is 5.73 Å². The lowest BCUT2D eigenvalue weighted by atomic mass is 10.1. The number of hydrogen-bond acceptors (Lipinski definition) is 3. The van der Waals surface area contributed by atoms with Gasteiger partial charge >= 0.3 is 0 Å². The van der Waals surface area contributed by atoms with E-state index >= 15 is 0 Å². The third kappa shape index (κ3) is 1.29. The third-order valence-electron chi connectivity index (χ3n) is 1.92. The molecule has 0 aliphatic heterocycles. The van der Waals surface area contributed by atoms with E-state index in [1.54, 1.807) is 18.7 Å². The first-order valence-electron chi connectivity index (χ1n) is 4.15. The van der Waals surface area contributed by atoms with Gasteiger partial charge in [-0.1, -0.05) is 0 Å². The molecule has 0 saturated carbocycles. The SMILES string of the molecule is CC(C)(N)c1ncc2ccncn12. The predicted octanol–water partition coefficient (Wildman–Crippen LogP) is 0.923. The summed E-state index contributed by atoms with van der Waals surface area (Å²) in [4.78, 5) is 8.29. The highest BCUT2D eigenvalue weighted by Crippen LogP contribution is 2.16. The molecular weight excluding hydrogens is 164 g/mol. The highest BCUT2D eigenvalue weighted by molar-refractivity contribution is 5.44. The molecule has 0 bridgehead atoms. The van der Waals surface area contributed by atoms with E-state index in [1.165, 1.54) is 0 Å². The smallest absolute Gasteiger partial charge is 0.134 e. The van der Waals surface area contributed by atoms with Crippen molar-refractivity contribution in [2.75, 3.05) is 0 Å². The van der Waals surface area contributed by atoms with E-state index < -0.39 is 5.54 Å². The van der Waals surface area contributed by atoms with Crippen molar-refractivity contribution in [3.05, 3.63) is 30.6 Å². The van der Waals surface area contributed by atoms with Crippen LogP contribution in [-0.2, 0) is 5.54 Å². The summed E-state index contributed by atoms with van der Waals surface area (Å²) in [5.41, 5.74) is 6.54. The molecule has 0 radical (unpaired) electrons. The number of nitrogens with two attached hydrogens (primary N) is 1. The third-order valence-corrected chi connectivity index (χ3v) is 1.92. The van der Waals surface area contributed by atoms with Crippen molar-refractivity contribution in [1.29, 1.82) is 0 Å². The summed E-state index contributed by atoms with van der Waals surface area (Å²) >= 11 is 0. The zero-order valence-electron chi connectivity index (χ0n) is 7.73. The van der Waals surface area contributed by atoms with Gasteiger partial charge in [0.25, 0.3) is 0 Å². The fourth-order valence-electron chi connectivity index (χ4n) is 1.32. The van der Waals surface area contributed by atoms with Crippen LogP contribution >= 0.6 is 0 Å². The Morgan fingerprint density at radius 2 is 2.23 bits per heavy atom. The average molecular weight is 176 g/mol. The number of aromatic nitrogens is 3. The Morgan fingerprint density at radius 3 is 2.92 bits per heavy atom. The number of rotatable bonds is 1. The van der Waals surface area contributed by atoms with E-state index in [0.29, 0.717) is 0 Å². The van der Waals surface area contributed by atoms with E-state index in [4.69, 9.17) is 5.73 Å². The van der Waals surface area contributed by atoms with Crippen molar-refractivity contribution >= 4 is 5.52 Å². The second-order valence-electron chi connectivity index (χ2n) is 3.68. The summed E-state index contributed by atoms with van der Waals surface area (Å²) in [5, 5.41) is 0. The summed E-state index contributed by atoms with van der Waals surface area (Å²) in [6, 6.07) is 1.90. The maximum absolute atomic E-state index is 5.96. The molecule has 13 heavy (non-hydrogen) atoms. The van der Waals surface area contributed by atoms with Crippen LogP contribution in [0.25, 0.3) is 5.52 Å². The first-order chi connectivity index (χ1) is 6.09. The molecule has 68 valence electrons. The van der Waals surface area contributed by atoms with Crippen LogP contribution in [-0.4, -0.2) is 14.4 Å². The molecule has 2 rings (SSSR count). The van der Waals surface area contributed by atoms with Crippen molar-refractivity contribution in [1.82, 2.24) is 14.4 Å². The van der Waals surface area contributed by atoms with Gasteiger partial charge in [0.1, 0.15) is 12.2 Å². The summed E-state index contributed by atoms with van der Waals surface area (Å²) in [6.45, 7) is 3.85. The quantitative estimate of drug-likeness (QED) is 0.703. The monoisotopic (exact) mass is 176 g/mol. The first-order valence-corrected chi connectivity index (χ1v) is 4.15. The van der Waals surface area contributed by atoms with Crippen LogP contribution in [0.4, 0.5) is 0 Å². The lowest BCUT2D eigenvalue weighted by Gasteiger charge is -2.16. The fourth-order valence-corrected chi connectivity index (χ4v) is 1.32. The van der Waals surface area contributed by atoms with Gasteiger partial charge in [-0.25, -0.2) is 9.97 Å². The van der Waals surface area contributed by atoms with Crippen LogP contribution < -0.4 is 5.73 Å². The minimum absolute atomic E-state index is 0.435. The Morgan fingerprint density at radius 1 is 1.46 bits per heavy atom. The Labute approximate surface area is 76.4 Å². The van der Waals surface area contributed by atoms with Crippen LogP contribution in [0.15, 0.2) is 24.8 Å². The minimum atomic E-state index is -0.435. The van der Waals surface area contributed by atoms with Crippen LogP contribution in [0.3, 0.4) is 0 Å². The van der Waals surface area contributed by atoms with E-state index in [2.05, 4.69) is 9.97 Å². The zero-order valence-corrected chi connectivity index (χ0v) is 7.73. The number of imidazole rings is 1. The maximum atomic E-state index is 5.96. The Hall–Kier alpha value is -1.42. The molecule has 0 atom stereocenters. The molecule has 2 N–H and O–H groups in total. The zero-order chi connectivity index (χ0) is 9.47. The minimum Gasteiger partial charge on any atom is -0.319 e. The van der Waals surface area contributed by atoms with Crippen LogP contribution in [0, 0.1) is 0 Å². The van der Waals surface area contributed by atoms with Crippen LogP contribution in [0.1, 0.15) is 19.7 Å². The number of nitrogens with zero attached hydrogens (tertiary/aromatic N) is 3. The van der Waals surface area contributed by atoms with Gasteiger partial charge in [-0.3, -0.25) is 4.40 Å². The van der Waals surface area contributed by atoms with E-state index in [0.717, 1.165) is 11.3 Å². The Balaban J connectivity index is 2.72. The highest BCUT2D eigenvalue weighted by Gasteiger charge is 2.19. The molecule has 0 aliphatic rings. The van der Waals surface area contributed by atoms with E-state index in [-0.39, 0.29) is 0 Å².